The monoisotopic (exact) mass is 290 g/mol. The van der Waals surface area contributed by atoms with Gasteiger partial charge in [0.2, 0.25) is 0 Å². The smallest absolute Gasteiger partial charge is 0.102 e. The van der Waals surface area contributed by atoms with Crippen molar-refractivity contribution in [3.05, 3.63) is 46.8 Å². The van der Waals surface area contributed by atoms with Crippen molar-refractivity contribution in [3.8, 4) is 0 Å². The summed E-state index contributed by atoms with van der Waals surface area (Å²) in [6.45, 7) is 0.744. The molecule has 2 heterocycles. The molecule has 2 aromatic heterocycles. The Labute approximate surface area is 107 Å². The molecule has 4 nitrogen and oxygen atoms in total. The van der Waals surface area contributed by atoms with Crippen LogP contribution >= 0.6 is 15.9 Å². The number of aromatic nitrogens is 4. The van der Waals surface area contributed by atoms with Crippen molar-refractivity contribution in [2.45, 2.75) is 6.54 Å². The third kappa shape index (κ3) is 1.86. The summed E-state index contributed by atoms with van der Waals surface area (Å²) < 4.78 is 5.01. The molecule has 0 saturated heterocycles. The molecule has 0 aliphatic heterocycles. The maximum Gasteiger partial charge on any atom is 0.102 e. The zero-order valence-electron chi connectivity index (χ0n) is 9.34. The van der Waals surface area contributed by atoms with E-state index >= 15 is 0 Å². The summed E-state index contributed by atoms with van der Waals surface area (Å²) in [5.74, 6) is 0. The Hall–Kier alpha value is -1.62. The third-order valence-electron chi connectivity index (χ3n) is 2.74. The van der Waals surface area contributed by atoms with Crippen LogP contribution in [0.3, 0.4) is 0 Å². The van der Waals surface area contributed by atoms with E-state index in [1.54, 1.807) is 4.68 Å². The molecule has 17 heavy (non-hydrogen) atoms. The fourth-order valence-electron chi connectivity index (χ4n) is 1.97. The topological polar surface area (TPSA) is 35.6 Å². The highest BCUT2D eigenvalue weighted by molar-refractivity contribution is 9.10. The lowest BCUT2D eigenvalue weighted by Crippen LogP contribution is -1.98. The minimum absolute atomic E-state index is 0.744. The van der Waals surface area contributed by atoms with Gasteiger partial charge in [0.05, 0.1) is 6.54 Å². The zero-order chi connectivity index (χ0) is 11.8. The van der Waals surface area contributed by atoms with E-state index in [2.05, 4.69) is 55.2 Å². The van der Waals surface area contributed by atoms with Gasteiger partial charge in [-0.15, -0.1) is 5.10 Å². The molecule has 5 heteroatoms. The molecule has 0 N–H and O–H groups in total. The SMILES string of the molecule is Cn1cc(Cn2ccc3c(Br)cccc32)nn1. The molecule has 1 aromatic carbocycles. The standard InChI is InChI=1S/C12H11BrN4/c1-16-7-9(14-15-16)8-17-6-5-10-11(13)3-2-4-12(10)17/h2-7H,8H2,1H3. The van der Waals surface area contributed by atoms with Gasteiger partial charge in [0.15, 0.2) is 0 Å². The van der Waals surface area contributed by atoms with E-state index < -0.39 is 0 Å². The van der Waals surface area contributed by atoms with Crippen molar-refractivity contribution in [2.24, 2.45) is 7.05 Å². The Balaban J connectivity index is 2.04. The van der Waals surface area contributed by atoms with Crippen LogP contribution in [0.4, 0.5) is 0 Å². The van der Waals surface area contributed by atoms with Crippen LogP contribution in [0, 0.1) is 0 Å². The van der Waals surface area contributed by atoms with Crippen molar-refractivity contribution in [1.82, 2.24) is 19.6 Å². The maximum atomic E-state index is 4.10. The summed E-state index contributed by atoms with van der Waals surface area (Å²) in [4.78, 5) is 0. The van der Waals surface area contributed by atoms with Crippen LogP contribution < -0.4 is 0 Å². The number of nitrogens with zero attached hydrogens (tertiary/aromatic N) is 4. The van der Waals surface area contributed by atoms with Crippen molar-refractivity contribution < 1.29 is 0 Å². The maximum absolute atomic E-state index is 4.10. The third-order valence-corrected chi connectivity index (χ3v) is 3.43. The lowest BCUT2D eigenvalue weighted by Gasteiger charge is -2.02. The van der Waals surface area contributed by atoms with Gasteiger partial charge in [-0.1, -0.05) is 27.2 Å². The van der Waals surface area contributed by atoms with Crippen molar-refractivity contribution in [3.63, 3.8) is 0 Å². The van der Waals surface area contributed by atoms with Gasteiger partial charge in [0.1, 0.15) is 5.69 Å². The molecule has 0 aliphatic carbocycles. The van der Waals surface area contributed by atoms with Gasteiger partial charge in [0.25, 0.3) is 0 Å². The molecule has 0 spiro atoms. The van der Waals surface area contributed by atoms with E-state index in [0.29, 0.717) is 0 Å². The van der Waals surface area contributed by atoms with Crippen LogP contribution in [-0.4, -0.2) is 19.6 Å². The van der Waals surface area contributed by atoms with Gasteiger partial charge in [-0.3, -0.25) is 4.68 Å². The van der Waals surface area contributed by atoms with Crippen molar-refractivity contribution >= 4 is 26.8 Å². The number of hydrogen-bond donors (Lipinski definition) is 0. The molecular formula is C12H11BrN4. The predicted molar refractivity (Wildman–Crippen MR) is 69.7 cm³/mol. The van der Waals surface area contributed by atoms with Crippen molar-refractivity contribution in [1.29, 1.82) is 0 Å². The molecule has 0 saturated carbocycles. The molecule has 0 aliphatic rings. The van der Waals surface area contributed by atoms with Gasteiger partial charge in [-0.05, 0) is 18.2 Å². The van der Waals surface area contributed by atoms with Crippen LogP contribution in [0.15, 0.2) is 41.1 Å². The first-order chi connectivity index (χ1) is 8.24. The van der Waals surface area contributed by atoms with Gasteiger partial charge in [-0.2, -0.15) is 0 Å². The molecule has 0 fully saturated rings. The summed E-state index contributed by atoms with van der Waals surface area (Å²) in [5, 5.41) is 9.26. The highest BCUT2D eigenvalue weighted by Crippen LogP contribution is 2.24. The highest BCUT2D eigenvalue weighted by atomic mass is 79.9. The lowest BCUT2D eigenvalue weighted by molar-refractivity contribution is 0.711. The largest absolute Gasteiger partial charge is 0.341 e. The minimum Gasteiger partial charge on any atom is -0.341 e. The Bertz CT molecular complexity index is 668. The number of aryl methyl sites for hydroxylation is 1. The normalized spacial score (nSPS) is 11.2. The molecule has 0 unspecified atom stereocenters. The predicted octanol–water partition coefficient (Wildman–Crippen LogP) is 2.58. The second-order valence-corrected chi connectivity index (χ2v) is 4.85. The Morgan fingerprint density at radius 1 is 1.29 bits per heavy atom. The molecular weight excluding hydrogens is 280 g/mol. The fraction of sp³-hybridized carbons (Fsp3) is 0.167. The van der Waals surface area contributed by atoms with Crippen LogP contribution in [0.5, 0.6) is 0 Å². The Morgan fingerprint density at radius 2 is 2.18 bits per heavy atom. The minimum atomic E-state index is 0.744. The number of halogens is 1. The van der Waals surface area contributed by atoms with Gasteiger partial charge >= 0.3 is 0 Å². The second-order valence-electron chi connectivity index (χ2n) is 4.00. The summed E-state index contributed by atoms with van der Waals surface area (Å²) in [5.41, 5.74) is 2.16. The molecule has 3 aromatic rings. The van der Waals surface area contributed by atoms with Gasteiger partial charge < -0.3 is 4.57 Å². The van der Waals surface area contributed by atoms with E-state index in [-0.39, 0.29) is 0 Å². The first-order valence-electron chi connectivity index (χ1n) is 5.32. The zero-order valence-corrected chi connectivity index (χ0v) is 10.9. The average Bonchev–Trinajstić information content (AvgIpc) is 2.88. The lowest BCUT2D eigenvalue weighted by atomic mass is 10.2. The molecule has 0 amide bonds. The summed E-state index contributed by atoms with van der Waals surface area (Å²) in [7, 11) is 1.88. The average molecular weight is 291 g/mol. The van der Waals surface area contributed by atoms with Gasteiger partial charge in [-0.25, -0.2) is 0 Å². The van der Waals surface area contributed by atoms with Crippen LogP contribution in [-0.2, 0) is 13.6 Å². The Morgan fingerprint density at radius 3 is 2.94 bits per heavy atom. The van der Waals surface area contributed by atoms with E-state index in [9.17, 15) is 0 Å². The first kappa shape index (κ1) is 10.5. The van der Waals surface area contributed by atoms with E-state index in [0.717, 1.165) is 16.7 Å². The van der Waals surface area contributed by atoms with Gasteiger partial charge in [0, 0.05) is 34.8 Å². The second kappa shape index (κ2) is 4.00. The number of rotatable bonds is 2. The summed E-state index contributed by atoms with van der Waals surface area (Å²) in [6, 6.07) is 8.31. The van der Waals surface area contributed by atoms with Crippen molar-refractivity contribution in [2.75, 3.05) is 0 Å². The van der Waals surface area contributed by atoms with Crippen LogP contribution in [0.1, 0.15) is 5.69 Å². The summed E-state index contributed by atoms with van der Waals surface area (Å²) in [6.07, 6.45) is 4.01. The molecule has 0 atom stereocenters. The van der Waals surface area contributed by atoms with Crippen LogP contribution in [0.25, 0.3) is 10.9 Å². The number of benzene rings is 1. The first-order valence-corrected chi connectivity index (χ1v) is 6.12. The number of hydrogen-bond acceptors (Lipinski definition) is 2. The molecule has 0 radical (unpaired) electrons. The number of fused-ring (bicyclic) bond motifs is 1. The molecule has 0 bridgehead atoms. The fourth-order valence-corrected chi connectivity index (χ4v) is 2.45. The quantitative estimate of drug-likeness (QED) is 0.727. The molecule has 86 valence electrons. The van der Waals surface area contributed by atoms with E-state index in [1.807, 2.05) is 19.3 Å². The van der Waals surface area contributed by atoms with E-state index in [1.165, 1.54) is 10.9 Å². The van der Waals surface area contributed by atoms with E-state index in [4.69, 9.17) is 0 Å². The highest BCUT2D eigenvalue weighted by Gasteiger charge is 2.05. The summed E-state index contributed by atoms with van der Waals surface area (Å²) >= 11 is 3.55. The molecule has 3 rings (SSSR count). The van der Waals surface area contributed by atoms with Crippen LogP contribution in [0.2, 0.25) is 0 Å². The Kier molecular flexibility index (Phi) is 2.48.